The molecule has 2 aromatic rings. The molecule has 0 spiro atoms. The Morgan fingerprint density at radius 1 is 1.12 bits per heavy atom. The number of nitrogens with one attached hydrogen (secondary N) is 1. The predicted octanol–water partition coefficient (Wildman–Crippen LogP) is 1.03. The van der Waals surface area contributed by atoms with Crippen LogP contribution >= 0.6 is 0 Å². The lowest BCUT2D eigenvalue weighted by Gasteiger charge is -2.34. The number of piperazine rings is 1. The standard InChI is InChI=1S/C16H16N4O3S/c17-11-13-3-1-2-4-15(13)24(22,23)20-9-7-19(8-10-20)16(21)14-5-6-18-12-14/h1-6,12,18H,7-10H2. The second kappa shape index (κ2) is 6.47. The number of aromatic nitrogens is 1. The van der Waals surface area contributed by atoms with Crippen molar-refractivity contribution in [3.63, 3.8) is 0 Å². The maximum Gasteiger partial charge on any atom is 0.255 e. The molecule has 8 heteroatoms. The highest BCUT2D eigenvalue weighted by Gasteiger charge is 2.31. The number of hydrogen-bond donors (Lipinski definition) is 1. The summed E-state index contributed by atoms with van der Waals surface area (Å²) in [5, 5.41) is 9.11. The van der Waals surface area contributed by atoms with Crippen LogP contribution in [0.25, 0.3) is 0 Å². The van der Waals surface area contributed by atoms with Crippen LogP contribution in [0.15, 0.2) is 47.6 Å². The fourth-order valence-corrected chi connectivity index (χ4v) is 4.26. The first-order valence-electron chi connectivity index (χ1n) is 7.45. The number of nitriles is 1. The van der Waals surface area contributed by atoms with Crippen molar-refractivity contribution < 1.29 is 13.2 Å². The molecule has 24 heavy (non-hydrogen) atoms. The molecule has 0 bridgehead atoms. The van der Waals surface area contributed by atoms with Crippen LogP contribution in [0.2, 0.25) is 0 Å². The molecule has 1 aromatic heterocycles. The molecule has 1 fully saturated rings. The van der Waals surface area contributed by atoms with E-state index in [4.69, 9.17) is 5.26 Å². The summed E-state index contributed by atoms with van der Waals surface area (Å²) >= 11 is 0. The Balaban J connectivity index is 1.75. The molecule has 0 atom stereocenters. The van der Waals surface area contributed by atoms with Crippen molar-refractivity contribution in [3.8, 4) is 6.07 Å². The first-order chi connectivity index (χ1) is 11.5. The first-order valence-corrected chi connectivity index (χ1v) is 8.89. The van der Waals surface area contributed by atoms with Gasteiger partial charge in [0.05, 0.1) is 16.0 Å². The van der Waals surface area contributed by atoms with Gasteiger partial charge in [0.2, 0.25) is 10.0 Å². The van der Waals surface area contributed by atoms with Crippen LogP contribution < -0.4 is 0 Å². The van der Waals surface area contributed by atoms with Crippen molar-refractivity contribution in [1.29, 1.82) is 5.26 Å². The number of benzene rings is 1. The highest BCUT2D eigenvalue weighted by Crippen LogP contribution is 2.21. The monoisotopic (exact) mass is 344 g/mol. The Kier molecular flexibility index (Phi) is 4.38. The zero-order valence-corrected chi connectivity index (χ0v) is 13.7. The highest BCUT2D eigenvalue weighted by molar-refractivity contribution is 7.89. The number of sulfonamides is 1. The summed E-state index contributed by atoms with van der Waals surface area (Å²) in [7, 11) is -3.74. The van der Waals surface area contributed by atoms with Gasteiger partial charge in [0.1, 0.15) is 6.07 Å². The van der Waals surface area contributed by atoms with Crippen LogP contribution in [-0.2, 0) is 10.0 Å². The Hall–Kier alpha value is -2.63. The number of amides is 1. The minimum Gasteiger partial charge on any atom is -0.367 e. The van der Waals surface area contributed by atoms with Gasteiger partial charge in [-0.3, -0.25) is 4.79 Å². The smallest absolute Gasteiger partial charge is 0.255 e. The third-order valence-corrected chi connectivity index (χ3v) is 5.95. The Labute approximate surface area is 140 Å². The molecule has 0 unspecified atom stereocenters. The van der Waals surface area contributed by atoms with E-state index in [0.29, 0.717) is 18.7 Å². The summed E-state index contributed by atoms with van der Waals surface area (Å²) in [6.07, 6.45) is 3.29. The third kappa shape index (κ3) is 2.91. The number of nitrogens with zero attached hydrogens (tertiary/aromatic N) is 3. The summed E-state index contributed by atoms with van der Waals surface area (Å²) in [6, 6.07) is 9.75. The maximum atomic E-state index is 12.7. The van der Waals surface area contributed by atoms with Gasteiger partial charge in [-0.25, -0.2) is 8.42 Å². The van der Waals surface area contributed by atoms with Gasteiger partial charge in [-0.1, -0.05) is 12.1 Å². The number of hydrogen-bond acceptors (Lipinski definition) is 4. The Morgan fingerprint density at radius 2 is 1.83 bits per heavy atom. The fraction of sp³-hybridized carbons (Fsp3) is 0.250. The van der Waals surface area contributed by atoms with Gasteiger partial charge in [0.25, 0.3) is 5.91 Å². The first kappa shape index (κ1) is 16.2. The van der Waals surface area contributed by atoms with E-state index < -0.39 is 10.0 Å². The third-order valence-electron chi connectivity index (χ3n) is 4.00. The lowest BCUT2D eigenvalue weighted by Crippen LogP contribution is -2.50. The largest absolute Gasteiger partial charge is 0.367 e. The molecule has 1 saturated heterocycles. The van der Waals surface area contributed by atoms with E-state index in [0.717, 1.165) is 0 Å². The van der Waals surface area contributed by atoms with Crippen molar-refractivity contribution >= 4 is 15.9 Å². The molecule has 0 aliphatic carbocycles. The van der Waals surface area contributed by atoms with Crippen molar-refractivity contribution in [2.45, 2.75) is 4.90 Å². The summed E-state index contributed by atoms with van der Waals surface area (Å²) < 4.78 is 26.8. The van der Waals surface area contributed by atoms with Crippen molar-refractivity contribution in [2.24, 2.45) is 0 Å². The van der Waals surface area contributed by atoms with E-state index in [9.17, 15) is 13.2 Å². The molecule has 0 radical (unpaired) electrons. The quantitative estimate of drug-likeness (QED) is 0.899. The molecule has 1 amide bonds. The molecule has 3 rings (SSSR count). The Morgan fingerprint density at radius 3 is 2.46 bits per heavy atom. The van der Waals surface area contributed by atoms with E-state index >= 15 is 0 Å². The summed E-state index contributed by atoms with van der Waals surface area (Å²) in [5.41, 5.74) is 0.685. The van der Waals surface area contributed by atoms with Crippen LogP contribution in [0, 0.1) is 11.3 Å². The average molecular weight is 344 g/mol. The minimum atomic E-state index is -3.74. The fourth-order valence-electron chi connectivity index (χ4n) is 2.69. The molecule has 1 aliphatic heterocycles. The van der Waals surface area contributed by atoms with Crippen LogP contribution in [0.4, 0.5) is 0 Å². The molecular formula is C16H16N4O3S. The molecular weight excluding hydrogens is 328 g/mol. The number of rotatable bonds is 3. The van der Waals surface area contributed by atoms with Gasteiger partial charge in [-0.05, 0) is 18.2 Å². The van der Waals surface area contributed by atoms with E-state index in [-0.39, 0.29) is 29.5 Å². The number of carbonyl (C=O) groups is 1. The van der Waals surface area contributed by atoms with Crippen LogP contribution in [0.5, 0.6) is 0 Å². The molecule has 2 heterocycles. The minimum absolute atomic E-state index is 0.0120. The van der Waals surface area contributed by atoms with E-state index in [1.807, 2.05) is 6.07 Å². The zero-order valence-electron chi connectivity index (χ0n) is 12.8. The zero-order chi connectivity index (χ0) is 17.2. The highest BCUT2D eigenvalue weighted by atomic mass is 32.2. The Bertz CT molecular complexity index is 876. The summed E-state index contributed by atoms with van der Waals surface area (Å²) in [4.78, 5) is 16.8. The molecule has 1 aromatic carbocycles. The SMILES string of the molecule is N#Cc1ccccc1S(=O)(=O)N1CCN(C(=O)c2cc[nH]c2)CC1. The number of carbonyl (C=O) groups excluding carboxylic acids is 1. The van der Waals surface area contributed by atoms with E-state index in [2.05, 4.69) is 4.98 Å². The summed E-state index contributed by atoms with van der Waals surface area (Å²) in [6.45, 7) is 1.05. The van der Waals surface area contributed by atoms with Crippen molar-refractivity contribution in [2.75, 3.05) is 26.2 Å². The number of aromatic amines is 1. The second-order valence-electron chi connectivity index (χ2n) is 5.40. The molecule has 1 aliphatic rings. The van der Waals surface area contributed by atoms with Gasteiger partial charge in [-0.2, -0.15) is 9.57 Å². The van der Waals surface area contributed by atoms with Crippen molar-refractivity contribution in [1.82, 2.24) is 14.2 Å². The van der Waals surface area contributed by atoms with Crippen molar-refractivity contribution in [3.05, 3.63) is 53.9 Å². The van der Waals surface area contributed by atoms with Gasteiger partial charge in [0.15, 0.2) is 0 Å². The molecule has 0 saturated carbocycles. The average Bonchev–Trinajstić information content (AvgIpc) is 3.15. The topological polar surface area (TPSA) is 97.3 Å². The molecule has 124 valence electrons. The van der Waals surface area contributed by atoms with Crippen LogP contribution in [-0.4, -0.2) is 54.7 Å². The van der Waals surface area contributed by atoms with Gasteiger partial charge >= 0.3 is 0 Å². The normalized spacial score (nSPS) is 15.9. The van der Waals surface area contributed by atoms with Crippen LogP contribution in [0.3, 0.4) is 0 Å². The molecule has 7 nitrogen and oxygen atoms in total. The lowest BCUT2D eigenvalue weighted by molar-refractivity contribution is 0.0698. The number of H-pyrrole nitrogens is 1. The second-order valence-corrected chi connectivity index (χ2v) is 7.31. The van der Waals surface area contributed by atoms with Gasteiger partial charge in [0, 0.05) is 38.6 Å². The summed E-state index contributed by atoms with van der Waals surface area (Å²) in [5.74, 6) is -0.120. The maximum absolute atomic E-state index is 12.7. The molecule has 1 N–H and O–H groups in total. The predicted molar refractivity (Wildman–Crippen MR) is 86.6 cm³/mol. The van der Waals surface area contributed by atoms with Gasteiger partial charge < -0.3 is 9.88 Å². The lowest BCUT2D eigenvalue weighted by atomic mass is 10.2. The van der Waals surface area contributed by atoms with E-state index in [1.54, 1.807) is 35.5 Å². The van der Waals surface area contributed by atoms with Crippen LogP contribution in [0.1, 0.15) is 15.9 Å². The van der Waals surface area contributed by atoms with E-state index in [1.165, 1.54) is 16.4 Å². The van der Waals surface area contributed by atoms with Gasteiger partial charge in [-0.15, -0.1) is 0 Å².